The highest BCUT2D eigenvalue weighted by Crippen LogP contribution is 2.44. The highest BCUT2D eigenvalue weighted by atomic mass is 16.6. The van der Waals surface area contributed by atoms with Crippen LogP contribution >= 0.6 is 0 Å². The fourth-order valence-electron chi connectivity index (χ4n) is 4.79. The molecular formula is C31H40N2O5. The summed E-state index contributed by atoms with van der Waals surface area (Å²) in [5.74, 6) is -0.934. The molecule has 7 heteroatoms. The van der Waals surface area contributed by atoms with E-state index in [4.69, 9.17) is 4.74 Å². The maximum Gasteiger partial charge on any atom is 0.410 e. The van der Waals surface area contributed by atoms with Gasteiger partial charge in [-0.1, -0.05) is 68.5 Å². The second-order valence-corrected chi connectivity index (χ2v) is 11.4. The summed E-state index contributed by atoms with van der Waals surface area (Å²) in [6, 6.07) is 13.4. The van der Waals surface area contributed by atoms with Crippen molar-refractivity contribution in [2.75, 3.05) is 13.1 Å². The summed E-state index contributed by atoms with van der Waals surface area (Å²) in [4.78, 5) is 31.5. The quantitative estimate of drug-likeness (QED) is 0.391. The first-order valence-electron chi connectivity index (χ1n) is 13.2. The molecule has 2 aromatic rings. The number of hydrogen-bond acceptors (Lipinski definition) is 5. The number of pyridine rings is 1. The summed E-state index contributed by atoms with van der Waals surface area (Å²) in [6.45, 7) is 9.55. The summed E-state index contributed by atoms with van der Waals surface area (Å²) in [5.41, 5.74) is 0.648. The van der Waals surface area contributed by atoms with Gasteiger partial charge >= 0.3 is 12.1 Å². The molecule has 1 aromatic carbocycles. The largest absolute Gasteiger partial charge is 0.481 e. The summed E-state index contributed by atoms with van der Waals surface area (Å²) < 4.78 is 5.62. The molecule has 1 aliphatic rings. The van der Waals surface area contributed by atoms with Gasteiger partial charge in [-0.25, -0.2) is 4.79 Å². The van der Waals surface area contributed by atoms with Crippen molar-refractivity contribution in [1.29, 1.82) is 0 Å². The number of aliphatic hydroxyl groups excluding tert-OH is 1. The molecule has 38 heavy (non-hydrogen) atoms. The van der Waals surface area contributed by atoms with Gasteiger partial charge in [0.1, 0.15) is 5.60 Å². The molecule has 1 aromatic heterocycles. The first kappa shape index (κ1) is 29.1. The van der Waals surface area contributed by atoms with Crippen LogP contribution in [0.4, 0.5) is 4.79 Å². The molecule has 7 nitrogen and oxygen atoms in total. The molecule has 0 saturated carbocycles. The number of hydrogen-bond donors (Lipinski definition) is 2. The zero-order chi connectivity index (χ0) is 27.9. The van der Waals surface area contributed by atoms with Crippen LogP contribution in [0, 0.1) is 17.3 Å². The Labute approximate surface area is 225 Å². The molecule has 1 heterocycles. The second-order valence-electron chi connectivity index (χ2n) is 11.4. The van der Waals surface area contributed by atoms with Crippen molar-refractivity contribution >= 4 is 17.6 Å². The van der Waals surface area contributed by atoms with Crippen LogP contribution in [0.5, 0.6) is 0 Å². The van der Waals surface area contributed by atoms with Crippen LogP contribution in [0.25, 0.3) is 5.57 Å². The number of benzene rings is 1. The SMILES string of the molecule is CC(C)CC1C=C(c2ccccc2)C=CC1(CCN(C[C@H](O)c1cccnc1)C(=O)OC(C)(C)C)C(=O)O. The number of aliphatic hydroxyl groups is 1. The summed E-state index contributed by atoms with van der Waals surface area (Å²) >= 11 is 0. The third-order valence-corrected chi connectivity index (χ3v) is 6.74. The van der Waals surface area contributed by atoms with Gasteiger partial charge in [-0.3, -0.25) is 9.78 Å². The summed E-state index contributed by atoms with van der Waals surface area (Å²) in [6.07, 6.45) is 8.15. The lowest BCUT2D eigenvalue weighted by Crippen LogP contribution is -2.45. The molecule has 0 aliphatic heterocycles. The topological polar surface area (TPSA) is 100.0 Å². The minimum absolute atomic E-state index is 0.0417. The first-order chi connectivity index (χ1) is 17.9. The molecule has 0 bridgehead atoms. The van der Waals surface area contributed by atoms with Gasteiger partial charge in [0.05, 0.1) is 18.1 Å². The van der Waals surface area contributed by atoms with Crippen molar-refractivity contribution in [3.63, 3.8) is 0 Å². The molecule has 1 aliphatic carbocycles. The number of carboxylic acid groups (broad SMARTS) is 1. The normalized spacial score (nSPS) is 20.1. The molecule has 3 atom stereocenters. The Hall–Kier alpha value is -3.45. The van der Waals surface area contributed by atoms with Crippen molar-refractivity contribution in [2.45, 2.75) is 59.2 Å². The fraction of sp³-hybridized carbons (Fsp3) is 0.452. The highest BCUT2D eigenvalue weighted by molar-refractivity contribution is 5.84. The van der Waals surface area contributed by atoms with Gasteiger partial charge in [0.15, 0.2) is 0 Å². The van der Waals surface area contributed by atoms with Gasteiger partial charge in [-0.15, -0.1) is 0 Å². The zero-order valence-corrected chi connectivity index (χ0v) is 23.0. The van der Waals surface area contributed by atoms with Crippen LogP contribution in [0.2, 0.25) is 0 Å². The van der Waals surface area contributed by atoms with E-state index in [0.717, 1.165) is 11.1 Å². The number of nitrogens with zero attached hydrogens (tertiary/aromatic N) is 2. The summed E-state index contributed by atoms with van der Waals surface area (Å²) in [5, 5.41) is 21.4. The Bertz CT molecular complexity index is 1140. The molecule has 0 fully saturated rings. The lowest BCUT2D eigenvalue weighted by atomic mass is 9.66. The van der Waals surface area contributed by atoms with Gasteiger partial charge in [0.2, 0.25) is 0 Å². The maximum atomic E-state index is 13.2. The van der Waals surface area contributed by atoms with Crippen LogP contribution in [0.3, 0.4) is 0 Å². The molecule has 2 unspecified atom stereocenters. The number of ether oxygens (including phenoxy) is 1. The molecule has 0 spiro atoms. The predicted molar refractivity (Wildman–Crippen MR) is 148 cm³/mol. The number of rotatable bonds is 10. The smallest absolute Gasteiger partial charge is 0.410 e. The van der Waals surface area contributed by atoms with Crippen LogP contribution < -0.4 is 0 Å². The number of aromatic nitrogens is 1. The van der Waals surface area contributed by atoms with E-state index in [0.29, 0.717) is 12.0 Å². The fourth-order valence-corrected chi connectivity index (χ4v) is 4.79. The Morgan fingerprint density at radius 2 is 1.84 bits per heavy atom. The van der Waals surface area contributed by atoms with E-state index in [1.165, 1.54) is 4.90 Å². The number of amides is 1. The van der Waals surface area contributed by atoms with Gasteiger partial charge in [0, 0.05) is 24.5 Å². The number of carbonyl (C=O) groups is 2. The third-order valence-electron chi connectivity index (χ3n) is 6.74. The van der Waals surface area contributed by atoms with Crippen LogP contribution in [0.15, 0.2) is 73.1 Å². The average molecular weight is 521 g/mol. The van der Waals surface area contributed by atoms with E-state index < -0.39 is 29.2 Å². The van der Waals surface area contributed by atoms with Gasteiger partial charge in [-0.05, 0) is 62.7 Å². The standard InChI is InChI=1S/C31H40N2O5/c1-22(2)18-26-19-24(23-10-7-6-8-11-23)13-14-31(26,28(35)36)15-17-33(29(37)38-30(3,4)5)21-27(34)25-12-9-16-32-20-25/h6-14,16,19-20,22,26-27,34H,15,17-18,21H2,1-5H3,(H,35,36)/t26?,27-,31?/m0/s1. The van der Waals surface area contributed by atoms with E-state index in [9.17, 15) is 19.8 Å². The lowest BCUT2D eigenvalue weighted by Gasteiger charge is -2.39. The molecule has 2 N–H and O–H groups in total. The Morgan fingerprint density at radius 1 is 1.13 bits per heavy atom. The number of aliphatic carboxylic acids is 1. The number of carboxylic acids is 1. The summed E-state index contributed by atoms with van der Waals surface area (Å²) in [7, 11) is 0. The Kier molecular flexibility index (Phi) is 9.50. The zero-order valence-electron chi connectivity index (χ0n) is 23.0. The van der Waals surface area contributed by atoms with Crippen molar-refractivity contribution in [2.24, 2.45) is 17.3 Å². The van der Waals surface area contributed by atoms with E-state index in [-0.39, 0.29) is 31.3 Å². The van der Waals surface area contributed by atoms with Gasteiger partial charge < -0.3 is 19.8 Å². The molecular weight excluding hydrogens is 480 g/mol. The van der Waals surface area contributed by atoms with Crippen molar-refractivity contribution in [3.8, 4) is 0 Å². The predicted octanol–water partition coefficient (Wildman–Crippen LogP) is 6.13. The van der Waals surface area contributed by atoms with E-state index in [1.54, 1.807) is 51.4 Å². The average Bonchev–Trinajstić information content (AvgIpc) is 2.86. The monoisotopic (exact) mass is 520 g/mol. The first-order valence-corrected chi connectivity index (χ1v) is 13.2. The number of allylic oxidation sites excluding steroid dienone is 3. The van der Waals surface area contributed by atoms with Gasteiger partial charge in [0.25, 0.3) is 0 Å². The molecule has 1 amide bonds. The third kappa shape index (κ3) is 7.54. The maximum absolute atomic E-state index is 13.2. The molecule has 3 rings (SSSR count). The van der Waals surface area contributed by atoms with Crippen LogP contribution in [-0.2, 0) is 9.53 Å². The Morgan fingerprint density at radius 3 is 2.42 bits per heavy atom. The van der Waals surface area contributed by atoms with Crippen molar-refractivity contribution in [1.82, 2.24) is 9.88 Å². The van der Waals surface area contributed by atoms with Crippen molar-refractivity contribution < 1.29 is 24.5 Å². The highest BCUT2D eigenvalue weighted by Gasteiger charge is 2.45. The molecule has 0 radical (unpaired) electrons. The van der Waals surface area contributed by atoms with Crippen LogP contribution in [-0.4, -0.2) is 50.9 Å². The van der Waals surface area contributed by atoms with Crippen molar-refractivity contribution in [3.05, 3.63) is 84.2 Å². The Balaban J connectivity index is 1.90. The minimum Gasteiger partial charge on any atom is -0.481 e. The van der Waals surface area contributed by atoms with E-state index >= 15 is 0 Å². The van der Waals surface area contributed by atoms with Crippen LogP contribution in [0.1, 0.15) is 64.7 Å². The lowest BCUT2D eigenvalue weighted by molar-refractivity contribution is -0.149. The minimum atomic E-state index is -1.21. The molecule has 0 saturated heterocycles. The second kappa shape index (κ2) is 12.4. The van der Waals surface area contributed by atoms with E-state index in [1.807, 2.05) is 36.4 Å². The number of carbonyl (C=O) groups excluding carboxylic acids is 1. The van der Waals surface area contributed by atoms with Gasteiger partial charge in [-0.2, -0.15) is 0 Å². The van der Waals surface area contributed by atoms with E-state index in [2.05, 4.69) is 24.9 Å². The molecule has 204 valence electrons.